The second-order valence-electron chi connectivity index (χ2n) is 6.08. The molecule has 0 radical (unpaired) electrons. The highest BCUT2D eigenvalue weighted by molar-refractivity contribution is 9.10. The van der Waals surface area contributed by atoms with Gasteiger partial charge in [0.2, 0.25) is 0 Å². The van der Waals surface area contributed by atoms with Crippen LogP contribution in [0.3, 0.4) is 0 Å². The van der Waals surface area contributed by atoms with Crippen molar-refractivity contribution >= 4 is 28.1 Å². The van der Waals surface area contributed by atoms with Gasteiger partial charge in [-0.2, -0.15) is 5.10 Å². The fraction of sp³-hybridized carbons (Fsp3) is 0.136. The van der Waals surface area contributed by atoms with Gasteiger partial charge < -0.3 is 9.47 Å². The van der Waals surface area contributed by atoms with Crippen LogP contribution < -0.4 is 14.9 Å². The highest BCUT2D eigenvalue weighted by Gasteiger charge is 2.11. The Morgan fingerprint density at radius 1 is 1.17 bits per heavy atom. The molecule has 154 valence electrons. The van der Waals surface area contributed by atoms with Crippen LogP contribution in [-0.4, -0.2) is 23.7 Å². The van der Waals surface area contributed by atoms with Crippen molar-refractivity contribution in [3.8, 4) is 11.5 Å². The Bertz CT molecular complexity index is 1030. The van der Waals surface area contributed by atoms with Gasteiger partial charge >= 0.3 is 0 Å². The number of carbonyl (C=O) groups excluding carboxylic acids is 1. The molecule has 0 saturated carbocycles. The minimum atomic E-state index is -0.410. The van der Waals surface area contributed by atoms with Crippen LogP contribution in [0.2, 0.25) is 0 Å². The number of nitrogens with zero attached hydrogens (tertiary/aromatic N) is 2. The smallest absolute Gasteiger partial charge is 0.289 e. The van der Waals surface area contributed by atoms with Crippen molar-refractivity contribution in [1.29, 1.82) is 0 Å². The average Bonchev–Trinajstić information content (AvgIpc) is 2.76. The van der Waals surface area contributed by atoms with E-state index in [9.17, 15) is 9.18 Å². The number of halogens is 2. The van der Waals surface area contributed by atoms with Gasteiger partial charge in [0.25, 0.3) is 5.91 Å². The van der Waals surface area contributed by atoms with Crippen LogP contribution in [0, 0.1) is 5.82 Å². The van der Waals surface area contributed by atoms with Gasteiger partial charge in [-0.25, -0.2) is 9.82 Å². The van der Waals surface area contributed by atoms with Gasteiger partial charge in [-0.3, -0.25) is 9.78 Å². The first-order chi connectivity index (χ1) is 14.6. The number of amides is 1. The fourth-order valence-corrected chi connectivity index (χ4v) is 2.91. The molecule has 2 aromatic carbocycles. The normalized spacial score (nSPS) is 10.8. The topological polar surface area (TPSA) is 72.8 Å². The molecule has 0 aliphatic rings. The molecule has 1 heterocycles. The summed E-state index contributed by atoms with van der Waals surface area (Å²) in [5.74, 6) is 0.352. The number of hydrogen-bond donors (Lipinski definition) is 1. The first-order valence-corrected chi connectivity index (χ1v) is 9.94. The lowest BCUT2D eigenvalue weighted by molar-refractivity contribution is 0.0950. The van der Waals surface area contributed by atoms with E-state index in [1.807, 2.05) is 6.92 Å². The third-order valence-corrected chi connectivity index (χ3v) is 4.62. The molecule has 8 heteroatoms. The van der Waals surface area contributed by atoms with Crippen LogP contribution in [0.25, 0.3) is 0 Å². The quantitative estimate of drug-likeness (QED) is 0.380. The van der Waals surface area contributed by atoms with Crippen molar-refractivity contribution in [1.82, 2.24) is 10.4 Å². The lowest BCUT2D eigenvalue weighted by Crippen LogP contribution is -2.18. The zero-order valence-corrected chi connectivity index (χ0v) is 17.7. The van der Waals surface area contributed by atoms with Crippen molar-refractivity contribution in [3.63, 3.8) is 0 Å². The summed E-state index contributed by atoms with van der Waals surface area (Å²) in [6, 6.07) is 14.7. The number of hydrazone groups is 1. The molecule has 0 bridgehead atoms. The van der Waals surface area contributed by atoms with Gasteiger partial charge in [0.15, 0.2) is 11.5 Å². The van der Waals surface area contributed by atoms with Crippen molar-refractivity contribution < 1.29 is 18.7 Å². The van der Waals surface area contributed by atoms with Crippen molar-refractivity contribution in [2.75, 3.05) is 6.61 Å². The summed E-state index contributed by atoms with van der Waals surface area (Å²) < 4.78 is 25.3. The SMILES string of the molecule is CCOc1cc(/C=N\NC(=O)c2ccccn2)c(Br)cc1OCc1ccc(F)cc1. The van der Waals surface area contributed by atoms with Crippen LogP contribution >= 0.6 is 15.9 Å². The van der Waals surface area contributed by atoms with E-state index in [0.717, 1.165) is 5.56 Å². The van der Waals surface area contributed by atoms with Gasteiger partial charge in [0.1, 0.15) is 18.1 Å². The number of pyridine rings is 1. The maximum absolute atomic E-state index is 13.1. The summed E-state index contributed by atoms with van der Waals surface area (Å²) >= 11 is 3.48. The van der Waals surface area contributed by atoms with Crippen LogP contribution in [0.4, 0.5) is 4.39 Å². The molecule has 1 aromatic heterocycles. The lowest BCUT2D eigenvalue weighted by atomic mass is 10.2. The Morgan fingerprint density at radius 3 is 2.63 bits per heavy atom. The zero-order chi connectivity index (χ0) is 21.3. The van der Waals surface area contributed by atoms with Crippen LogP contribution in [0.5, 0.6) is 11.5 Å². The van der Waals surface area contributed by atoms with E-state index in [0.29, 0.717) is 28.1 Å². The van der Waals surface area contributed by atoms with Gasteiger partial charge in [-0.1, -0.05) is 18.2 Å². The minimum absolute atomic E-state index is 0.264. The number of rotatable bonds is 8. The molecule has 30 heavy (non-hydrogen) atoms. The number of aromatic nitrogens is 1. The lowest BCUT2D eigenvalue weighted by Gasteiger charge is -2.14. The predicted molar refractivity (Wildman–Crippen MR) is 115 cm³/mol. The van der Waals surface area contributed by atoms with E-state index in [4.69, 9.17) is 9.47 Å². The molecule has 6 nitrogen and oxygen atoms in total. The van der Waals surface area contributed by atoms with Crippen LogP contribution in [0.15, 0.2) is 70.4 Å². The largest absolute Gasteiger partial charge is 0.490 e. The maximum Gasteiger partial charge on any atom is 0.289 e. The van der Waals surface area contributed by atoms with Crippen LogP contribution in [-0.2, 0) is 6.61 Å². The Kier molecular flexibility index (Phi) is 7.51. The van der Waals surface area contributed by atoms with E-state index in [-0.39, 0.29) is 18.1 Å². The standard InChI is InChI=1S/C22H19BrFN3O3/c1-2-29-20-11-16(13-26-27-22(28)19-5-3-4-10-25-19)18(23)12-21(20)30-14-15-6-8-17(24)9-7-15/h3-13H,2,14H2,1H3,(H,27,28)/b26-13-. The number of ether oxygens (including phenoxy) is 2. The van der Waals surface area contributed by atoms with Gasteiger partial charge in [-0.05, 0) is 64.8 Å². The maximum atomic E-state index is 13.1. The molecule has 0 fully saturated rings. The molecule has 0 saturated heterocycles. The minimum Gasteiger partial charge on any atom is -0.490 e. The Hall–Kier alpha value is -3.26. The van der Waals surface area contributed by atoms with Crippen LogP contribution in [0.1, 0.15) is 28.5 Å². The molecule has 3 aromatic rings. The molecule has 0 aliphatic heterocycles. The number of hydrogen-bond acceptors (Lipinski definition) is 5. The van der Waals surface area contributed by atoms with Crippen molar-refractivity contribution in [3.05, 3.63) is 87.9 Å². The molecular weight excluding hydrogens is 453 g/mol. The first-order valence-electron chi connectivity index (χ1n) is 9.15. The summed E-state index contributed by atoms with van der Waals surface area (Å²) in [5.41, 5.74) is 4.23. The van der Waals surface area contributed by atoms with Crippen molar-refractivity contribution in [2.45, 2.75) is 13.5 Å². The predicted octanol–water partition coefficient (Wildman–Crippen LogP) is 4.72. The van der Waals surface area contributed by atoms with E-state index in [1.54, 1.807) is 42.5 Å². The number of carbonyl (C=O) groups is 1. The summed E-state index contributed by atoms with van der Waals surface area (Å²) in [5, 5.41) is 3.99. The fourth-order valence-electron chi connectivity index (χ4n) is 2.49. The number of nitrogens with one attached hydrogen (secondary N) is 1. The summed E-state index contributed by atoms with van der Waals surface area (Å²) in [4.78, 5) is 16.0. The Balaban J connectivity index is 1.71. The van der Waals surface area contributed by atoms with E-state index in [2.05, 4.69) is 31.4 Å². The second kappa shape index (κ2) is 10.5. The van der Waals surface area contributed by atoms with Gasteiger partial charge in [0.05, 0.1) is 12.8 Å². The van der Waals surface area contributed by atoms with Gasteiger partial charge in [-0.15, -0.1) is 0 Å². The molecule has 1 amide bonds. The summed E-state index contributed by atoms with van der Waals surface area (Å²) in [6.07, 6.45) is 3.03. The third-order valence-electron chi connectivity index (χ3n) is 3.94. The molecule has 0 aliphatic carbocycles. The molecule has 0 unspecified atom stereocenters. The highest BCUT2D eigenvalue weighted by Crippen LogP contribution is 2.33. The molecule has 3 rings (SSSR count). The van der Waals surface area contributed by atoms with Gasteiger partial charge in [0, 0.05) is 16.2 Å². The Labute approximate surface area is 181 Å². The second-order valence-corrected chi connectivity index (χ2v) is 6.94. The average molecular weight is 472 g/mol. The molecular formula is C22H19BrFN3O3. The van der Waals surface area contributed by atoms with Crippen molar-refractivity contribution in [2.24, 2.45) is 5.10 Å². The summed E-state index contributed by atoms with van der Waals surface area (Å²) in [7, 11) is 0. The van der Waals surface area contributed by atoms with E-state index in [1.165, 1.54) is 24.5 Å². The molecule has 1 N–H and O–H groups in total. The van der Waals surface area contributed by atoms with E-state index >= 15 is 0 Å². The zero-order valence-electron chi connectivity index (χ0n) is 16.1. The highest BCUT2D eigenvalue weighted by atomic mass is 79.9. The van der Waals surface area contributed by atoms with E-state index < -0.39 is 5.91 Å². The third kappa shape index (κ3) is 5.87. The number of benzene rings is 2. The monoisotopic (exact) mass is 471 g/mol. The molecule has 0 atom stereocenters. The Morgan fingerprint density at radius 2 is 1.93 bits per heavy atom. The molecule has 0 spiro atoms. The summed E-state index contributed by atoms with van der Waals surface area (Å²) in [6.45, 7) is 2.58. The first kappa shape index (κ1) is 21.4.